The Hall–Kier alpha value is -0.785. The van der Waals surface area contributed by atoms with E-state index in [4.69, 9.17) is 0 Å². The third kappa shape index (κ3) is 2.10. The van der Waals surface area contributed by atoms with Crippen molar-refractivity contribution in [2.24, 2.45) is 0 Å². The maximum absolute atomic E-state index is 4.42. The Bertz CT molecular complexity index is 226. The van der Waals surface area contributed by atoms with Crippen molar-refractivity contribution in [2.75, 3.05) is 0 Å². The topological polar surface area (TPSA) is 12.9 Å². The van der Waals surface area contributed by atoms with E-state index in [0.717, 1.165) is 0 Å². The zero-order chi connectivity index (χ0) is 8.97. The lowest BCUT2D eigenvalue weighted by atomic mass is 9.43. The molecule has 0 fully saturated rings. The summed E-state index contributed by atoms with van der Waals surface area (Å²) in [5.74, 6) is 0. The summed E-state index contributed by atoms with van der Waals surface area (Å²) in [6.45, 7) is 7.15. The first-order valence-corrected chi connectivity index (χ1v) is 4.70. The molecule has 0 aliphatic carbocycles. The van der Waals surface area contributed by atoms with E-state index >= 15 is 0 Å². The molecule has 0 aromatic carbocycles. The van der Waals surface area contributed by atoms with E-state index in [-0.39, 0.29) is 0 Å². The van der Waals surface area contributed by atoms with Gasteiger partial charge in [0.1, 0.15) is 0 Å². The van der Waals surface area contributed by atoms with Crippen LogP contribution in [0.15, 0.2) is 18.3 Å². The zero-order valence-electron chi connectivity index (χ0n) is 8.17. The highest BCUT2D eigenvalue weighted by atomic mass is 14.6. The van der Waals surface area contributed by atoms with E-state index in [1.54, 1.807) is 0 Å². The second-order valence-electron chi connectivity index (χ2n) is 3.27. The van der Waals surface area contributed by atoms with Crippen LogP contribution in [0.2, 0.25) is 12.6 Å². The van der Waals surface area contributed by atoms with Gasteiger partial charge in [0.25, 0.3) is 0 Å². The monoisotopic (exact) mass is 161 g/mol. The summed E-state index contributed by atoms with van der Waals surface area (Å²) in [4.78, 5) is 4.42. The van der Waals surface area contributed by atoms with Crippen molar-refractivity contribution in [2.45, 2.75) is 33.4 Å². The van der Waals surface area contributed by atoms with Gasteiger partial charge in [-0.2, -0.15) is 0 Å². The van der Waals surface area contributed by atoms with Crippen LogP contribution in [-0.4, -0.2) is 11.7 Å². The third-order valence-corrected chi connectivity index (χ3v) is 2.34. The van der Waals surface area contributed by atoms with Gasteiger partial charge in [-0.05, 0) is 18.6 Å². The molecule has 0 amide bonds. The fraction of sp³-hybridized carbons (Fsp3) is 0.500. The van der Waals surface area contributed by atoms with Crippen LogP contribution in [0.4, 0.5) is 0 Å². The minimum Gasteiger partial charge on any atom is -0.271 e. The van der Waals surface area contributed by atoms with Crippen LogP contribution < -0.4 is 5.59 Å². The van der Waals surface area contributed by atoms with Crippen LogP contribution in [0.1, 0.15) is 19.4 Å². The summed E-state index contributed by atoms with van der Waals surface area (Å²) < 4.78 is 0. The number of nitrogens with zero attached hydrogens (tertiary/aromatic N) is 1. The van der Waals surface area contributed by atoms with Gasteiger partial charge in [0.15, 0.2) is 6.71 Å². The minimum atomic E-state index is 0.644. The van der Waals surface area contributed by atoms with Crippen LogP contribution in [0.5, 0.6) is 0 Å². The standard InChI is InChI=1S/C10H16BN/c1-4-11(5-2)10-7-6-9(3)8-12-10/h6-8H,4-5H2,1-3H3. The van der Waals surface area contributed by atoms with Crippen LogP contribution in [-0.2, 0) is 0 Å². The quantitative estimate of drug-likeness (QED) is 0.618. The summed E-state index contributed by atoms with van der Waals surface area (Å²) in [6, 6.07) is 4.29. The molecule has 0 unspecified atom stereocenters. The first kappa shape index (κ1) is 9.30. The van der Waals surface area contributed by atoms with Crippen molar-refractivity contribution in [3.8, 4) is 0 Å². The molecule has 1 nitrogen and oxygen atoms in total. The predicted molar refractivity (Wildman–Crippen MR) is 55.3 cm³/mol. The maximum atomic E-state index is 4.42. The fourth-order valence-corrected chi connectivity index (χ4v) is 1.43. The Morgan fingerprint density at radius 1 is 1.25 bits per heavy atom. The van der Waals surface area contributed by atoms with Crippen molar-refractivity contribution in [3.05, 3.63) is 23.9 Å². The fourth-order valence-electron chi connectivity index (χ4n) is 1.43. The van der Waals surface area contributed by atoms with Gasteiger partial charge >= 0.3 is 0 Å². The van der Waals surface area contributed by atoms with Crippen molar-refractivity contribution in [1.82, 2.24) is 4.98 Å². The summed E-state index contributed by atoms with van der Waals surface area (Å²) in [5.41, 5.74) is 2.48. The number of aryl methyl sites for hydroxylation is 1. The molecular weight excluding hydrogens is 145 g/mol. The van der Waals surface area contributed by atoms with Crippen LogP contribution in [0.3, 0.4) is 0 Å². The Morgan fingerprint density at radius 3 is 2.33 bits per heavy atom. The van der Waals surface area contributed by atoms with E-state index in [9.17, 15) is 0 Å². The van der Waals surface area contributed by atoms with Crippen LogP contribution in [0, 0.1) is 6.92 Å². The molecular formula is C10H16BN. The molecule has 12 heavy (non-hydrogen) atoms. The van der Waals surface area contributed by atoms with Crippen molar-refractivity contribution >= 4 is 12.3 Å². The molecule has 0 bridgehead atoms. The second kappa shape index (κ2) is 4.29. The maximum Gasteiger partial charge on any atom is 0.199 e. The van der Waals surface area contributed by atoms with Gasteiger partial charge in [0.2, 0.25) is 0 Å². The molecule has 1 aromatic heterocycles. The van der Waals surface area contributed by atoms with Gasteiger partial charge in [-0.15, -0.1) is 0 Å². The number of hydrogen-bond acceptors (Lipinski definition) is 1. The zero-order valence-corrected chi connectivity index (χ0v) is 8.17. The van der Waals surface area contributed by atoms with Gasteiger partial charge in [0, 0.05) is 11.8 Å². The summed E-state index contributed by atoms with van der Waals surface area (Å²) in [6.07, 6.45) is 4.33. The van der Waals surface area contributed by atoms with Crippen molar-refractivity contribution < 1.29 is 0 Å². The summed E-state index contributed by atoms with van der Waals surface area (Å²) in [5, 5.41) is 0. The van der Waals surface area contributed by atoms with E-state index in [0.29, 0.717) is 6.71 Å². The Balaban J connectivity index is 2.80. The number of aromatic nitrogens is 1. The lowest BCUT2D eigenvalue weighted by Crippen LogP contribution is -2.30. The molecule has 1 heterocycles. The average molecular weight is 161 g/mol. The molecule has 0 N–H and O–H groups in total. The van der Waals surface area contributed by atoms with E-state index < -0.39 is 0 Å². The molecule has 0 saturated heterocycles. The third-order valence-electron chi connectivity index (χ3n) is 2.34. The average Bonchev–Trinajstić information content (AvgIpc) is 2.10. The molecule has 0 saturated carbocycles. The Morgan fingerprint density at radius 2 is 1.92 bits per heavy atom. The highest BCUT2D eigenvalue weighted by Crippen LogP contribution is 1.98. The molecule has 64 valence electrons. The van der Waals surface area contributed by atoms with Gasteiger partial charge in [-0.3, -0.25) is 4.98 Å². The SMILES string of the molecule is CCB(CC)c1ccc(C)cn1. The molecule has 1 aromatic rings. The van der Waals surface area contributed by atoms with Gasteiger partial charge in [-0.1, -0.05) is 32.6 Å². The summed E-state index contributed by atoms with van der Waals surface area (Å²) in [7, 11) is 0. The lowest BCUT2D eigenvalue weighted by molar-refractivity contribution is 1.26. The van der Waals surface area contributed by atoms with Crippen molar-refractivity contribution in [3.63, 3.8) is 0 Å². The predicted octanol–water partition coefficient (Wildman–Crippen LogP) is 2.13. The van der Waals surface area contributed by atoms with Crippen LogP contribution >= 0.6 is 0 Å². The number of hydrogen-bond donors (Lipinski definition) is 0. The van der Waals surface area contributed by atoms with E-state index in [1.807, 2.05) is 6.20 Å². The van der Waals surface area contributed by atoms with Gasteiger partial charge < -0.3 is 0 Å². The smallest absolute Gasteiger partial charge is 0.199 e. The molecule has 0 aliphatic rings. The van der Waals surface area contributed by atoms with Crippen molar-refractivity contribution in [1.29, 1.82) is 0 Å². The molecule has 0 spiro atoms. The lowest BCUT2D eigenvalue weighted by Gasteiger charge is -2.07. The second-order valence-corrected chi connectivity index (χ2v) is 3.27. The molecule has 0 atom stereocenters. The minimum absolute atomic E-state index is 0.644. The molecule has 1 rings (SSSR count). The first-order valence-electron chi connectivity index (χ1n) is 4.70. The number of rotatable bonds is 3. The summed E-state index contributed by atoms with van der Waals surface area (Å²) >= 11 is 0. The largest absolute Gasteiger partial charge is 0.271 e. The number of pyridine rings is 1. The first-order chi connectivity index (χ1) is 5.77. The van der Waals surface area contributed by atoms with E-state index in [1.165, 1.54) is 23.8 Å². The highest BCUT2D eigenvalue weighted by molar-refractivity contribution is 6.72. The van der Waals surface area contributed by atoms with Gasteiger partial charge in [0.05, 0.1) is 0 Å². The van der Waals surface area contributed by atoms with E-state index in [2.05, 4.69) is 37.9 Å². The van der Waals surface area contributed by atoms with Gasteiger partial charge in [-0.25, -0.2) is 0 Å². The Kier molecular flexibility index (Phi) is 3.33. The molecule has 2 heteroatoms. The normalized spacial score (nSPS) is 9.92. The Labute approximate surface area is 75.3 Å². The molecule has 0 radical (unpaired) electrons. The highest BCUT2D eigenvalue weighted by Gasteiger charge is 2.11. The molecule has 0 aliphatic heterocycles. The van der Waals surface area contributed by atoms with Crippen LogP contribution in [0.25, 0.3) is 0 Å².